The number of ether oxygens (including phenoxy) is 1. The van der Waals surface area contributed by atoms with Crippen LogP contribution in [-0.4, -0.2) is 31.3 Å². The van der Waals surface area contributed by atoms with Crippen LogP contribution in [0.2, 0.25) is 0 Å². The molecule has 0 bridgehead atoms. The quantitative estimate of drug-likeness (QED) is 0.790. The van der Waals surface area contributed by atoms with E-state index in [-0.39, 0.29) is 0 Å². The molecule has 6 nitrogen and oxygen atoms in total. The number of rotatable bonds is 4. The first kappa shape index (κ1) is 12.7. The van der Waals surface area contributed by atoms with Gasteiger partial charge in [0, 0.05) is 19.3 Å². The molecule has 6 heteroatoms. The summed E-state index contributed by atoms with van der Waals surface area (Å²) in [4.78, 5) is 12.2. The van der Waals surface area contributed by atoms with E-state index in [1.54, 1.807) is 4.68 Å². The van der Waals surface area contributed by atoms with Crippen molar-refractivity contribution in [2.24, 2.45) is 7.05 Å². The van der Waals surface area contributed by atoms with Crippen LogP contribution in [0.1, 0.15) is 19.5 Å². The molecule has 3 aromatic heterocycles. The van der Waals surface area contributed by atoms with Gasteiger partial charge in [0.15, 0.2) is 5.65 Å². The number of nitrogens with zero attached hydrogens (tertiary/aromatic N) is 4. The Morgan fingerprint density at radius 2 is 2.10 bits per heavy atom. The molecule has 0 fully saturated rings. The van der Waals surface area contributed by atoms with Crippen molar-refractivity contribution in [3.63, 3.8) is 0 Å². The smallest absolute Gasteiger partial charge is 0.215 e. The fourth-order valence-corrected chi connectivity index (χ4v) is 2.22. The maximum atomic E-state index is 5.40. The summed E-state index contributed by atoms with van der Waals surface area (Å²) < 4.78 is 7.20. The van der Waals surface area contributed by atoms with Gasteiger partial charge in [-0.3, -0.25) is 4.68 Å². The van der Waals surface area contributed by atoms with E-state index in [1.807, 2.05) is 32.3 Å². The van der Waals surface area contributed by atoms with Crippen molar-refractivity contribution < 1.29 is 4.74 Å². The molecular weight excluding hydrogens is 254 g/mol. The molecule has 3 heterocycles. The van der Waals surface area contributed by atoms with Crippen molar-refractivity contribution in [3.05, 3.63) is 24.0 Å². The van der Waals surface area contributed by atoms with Crippen molar-refractivity contribution in [2.75, 3.05) is 6.61 Å². The molecular formula is C14H17N5O. The molecule has 0 saturated heterocycles. The summed E-state index contributed by atoms with van der Waals surface area (Å²) >= 11 is 0. The van der Waals surface area contributed by atoms with Crippen LogP contribution >= 0.6 is 0 Å². The summed E-state index contributed by atoms with van der Waals surface area (Å²) in [6.45, 7) is 4.61. The van der Waals surface area contributed by atoms with E-state index in [9.17, 15) is 0 Å². The van der Waals surface area contributed by atoms with Gasteiger partial charge in [-0.25, -0.2) is 4.98 Å². The topological polar surface area (TPSA) is 68.6 Å². The number of nitrogens with one attached hydrogen (secondary N) is 1. The Bertz CT molecular complexity index is 743. The predicted octanol–water partition coefficient (Wildman–Crippen LogP) is 2.32. The molecule has 0 aliphatic rings. The number of aromatic amines is 1. The number of aryl methyl sites for hydroxylation is 2. The first-order valence-corrected chi connectivity index (χ1v) is 6.73. The Balaban J connectivity index is 2.08. The molecule has 3 aromatic rings. The van der Waals surface area contributed by atoms with Crippen molar-refractivity contribution >= 4 is 11.2 Å². The van der Waals surface area contributed by atoms with E-state index in [0.29, 0.717) is 18.1 Å². The largest absolute Gasteiger partial charge is 0.478 e. The standard InChI is InChI=1S/C14H17N5O/c1-4-10-9(8-19(3)18-10)13-15-11-6-7-12(20-5-2)16-14(11)17-13/h6-8H,4-5H2,1-3H3,(H,15,16,17). The molecule has 0 aliphatic carbocycles. The zero-order chi connectivity index (χ0) is 14.1. The molecule has 3 rings (SSSR count). The summed E-state index contributed by atoms with van der Waals surface area (Å²) in [7, 11) is 1.91. The van der Waals surface area contributed by atoms with Crippen molar-refractivity contribution in [3.8, 4) is 17.3 Å². The highest BCUT2D eigenvalue weighted by atomic mass is 16.5. The Kier molecular flexibility index (Phi) is 3.14. The number of imidazole rings is 1. The third-order valence-electron chi connectivity index (χ3n) is 3.11. The van der Waals surface area contributed by atoms with Crippen LogP contribution in [0.3, 0.4) is 0 Å². The molecule has 0 aliphatic heterocycles. The molecule has 0 amide bonds. The number of hydrogen-bond acceptors (Lipinski definition) is 4. The SMILES string of the molecule is CCOc1ccc2[nH]c(-c3cn(C)nc3CC)nc2n1. The molecule has 0 atom stereocenters. The lowest BCUT2D eigenvalue weighted by atomic mass is 10.2. The summed E-state index contributed by atoms with van der Waals surface area (Å²) in [5, 5.41) is 4.43. The van der Waals surface area contributed by atoms with Gasteiger partial charge in [-0.15, -0.1) is 0 Å². The van der Waals surface area contributed by atoms with Crippen molar-refractivity contribution in [2.45, 2.75) is 20.3 Å². The Labute approximate surface area is 116 Å². The van der Waals surface area contributed by atoms with Crippen LogP contribution in [0.15, 0.2) is 18.3 Å². The lowest BCUT2D eigenvalue weighted by molar-refractivity contribution is 0.328. The van der Waals surface area contributed by atoms with E-state index in [0.717, 1.165) is 29.0 Å². The second-order valence-electron chi connectivity index (χ2n) is 4.56. The fourth-order valence-electron chi connectivity index (χ4n) is 2.22. The van der Waals surface area contributed by atoms with Crippen LogP contribution in [0, 0.1) is 0 Å². The second kappa shape index (κ2) is 4.96. The first-order valence-electron chi connectivity index (χ1n) is 6.73. The summed E-state index contributed by atoms with van der Waals surface area (Å²) in [6, 6.07) is 3.78. The highest BCUT2D eigenvalue weighted by Crippen LogP contribution is 2.23. The predicted molar refractivity (Wildman–Crippen MR) is 76.6 cm³/mol. The fraction of sp³-hybridized carbons (Fsp3) is 0.357. The molecule has 20 heavy (non-hydrogen) atoms. The van der Waals surface area contributed by atoms with Gasteiger partial charge in [0.1, 0.15) is 5.82 Å². The van der Waals surface area contributed by atoms with Gasteiger partial charge in [0.25, 0.3) is 0 Å². The van der Waals surface area contributed by atoms with Crippen molar-refractivity contribution in [1.82, 2.24) is 24.7 Å². The highest BCUT2D eigenvalue weighted by molar-refractivity contribution is 5.76. The van der Waals surface area contributed by atoms with E-state index in [2.05, 4.69) is 27.0 Å². The van der Waals surface area contributed by atoms with E-state index >= 15 is 0 Å². The summed E-state index contributed by atoms with van der Waals surface area (Å²) in [6.07, 6.45) is 2.84. The number of pyridine rings is 1. The molecule has 0 unspecified atom stereocenters. The third kappa shape index (κ3) is 2.13. The zero-order valence-corrected chi connectivity index (χ0v) is 11.8. The molecule has 0 radical (unpaired) electrons. The van der Waals surface area contributed by atoms with Crippen molar-refractivity contribution in [1.29, 1.82) is 0 Å². The van der Waals surface area contributed by atoms with E-state index in [4.69, 9.17) is 4.74 Å². The number of hydrogen-bond donors (Lipinski definition) is 1. The Morgan fingerprint density at radius 3 is 2.85 bits per heavy atom. The van der Waals surface area contributed by atoms with Gasteiger partial charge in [-0.2, -0.15) is 10.1 Å². The lowest BCUT2D eigenvalue weighted by Crippen LogP contribution is -1.93. The molecule has 0 spiro atoms. The maximum absolute atomic E-state index is 5.40. The van der Waals surface area contributed by atoms with Gasteiger partial charge in [0.05, 0.1) is 23.4 Å². The molecule has 0 aromatic carbocycles. The van der Waals surface area contributed by atoms with Crippen LogP contribution in [0.25, 0.3) is 22.6 Å². The average molecular weight is 271 g/mol. The number of H-pyrrole nitrogens is 1. The number of aromatic nitrogens is 5. The van der Waals surface area contributed by atoms with Crippen LogP contribution in [-0.2, 0) is 13.5 Å². The summed E-state index contributed by atoms with van der Waals surface area (Å²) in [5.74, 6) is 1.39. The minimum Gasteiger partial charge on any atom is -0.478 e. The lowest BCUT2D eigenvalue weighted by Gasteiger charge is -1.99. The normalized spacial score (nSPS) is 11.2. The highest BCUT2D eigenvalue weighted by Gasteiger charge is 2.13. The Hall–Kier alpha value is -2.37. The Morgan fingerprint density at radius 1 is 1.25 bits per heavy atom. The van der Waals surface area contributed by atoms with Gasteiger partial charge in [-0.1, -0.05) is 6.92 Å². The monoisotopic (exact) mass is 271 g/mol. The maximum Gasteiger partial charge on any atom is 0.215 e. The average Bonchev–Trinajstić information content (AvgIpc) is 3.01. The second-order valence-corrected chi connectivity index (χ2v) is 4.56. The third-order valence-corrected chi connectivity index (χ3v) is 3.11. The molecule has 104 valence electrons. The number of fused-ring (bicyclic) bond motifs is 1. The molecule has 1 N–H and O–H groups in total. The summed E-state index contributed by atoms with van der Waals surface area (Å²) in [5.41, 5.74) is 3.61. The van der Waals surface area contributed by atoms with Gasteiger partial charge in [0.2, 0.25) is 5.88 Å². The minimum absolute atomic E-state index is 0.596. The molecule has 0 saturated carbocycles. The zero-order valence-electron chi connectivity index (χ0n) is 11.8. The van der Waals surface area contributed by atoms with Crippen LogP contribution in [0.5, 0.6) is 5.88 Å². The van der Waals surface area contributed by atoms with Crippen LogP contribution in [0.4, 0.5) is 0 Å². The van der Waals surface area contributed by atoms with Gasteiger partial charge >= 0.3 is 0 Å². The van der Waals surface area contributed by atoms with Gasteiger partial charge in [-0.05, 0) is 19.4 Å². The first-order chi connectivity index (χ1) is 9.71. The van der Waals surface area contributed by atoms with Crippen LogP contribution < -0.4 is 4.74 Å². The minimum atomic E-state index is 0.596. The van der Waals surface area contributed by atoms with E-state index in [1.165, 1.54) is 0 Å². The van der Waals surface area contributed by atoms with Gasteiger partial charge < -0.3 is 9.72 Å². The van der Waals surface area contributed by atoms with E-state index < -0.39 is 0 Å².